The van der Waals surface area contributed by atoms with Crippen LogP contribution in [-0.2, 0) is 4.74 Å². The predicted octanol–water partition coefficient (Wildman–Crippen LogP) is 3.69. The zero-order chi connectivity index (χ0) is 20.3. The second-order valence-electron chi connectivity index (χ2n) is 5.28. The molecule has 0 aliphatic carbocycles. The van der Waals surface area contributed by atoms with Gasteiger partial charge in [-0.2, -0.15) is 13.2 Å². The summed E-state index contributed by atoms with van der Waals surface area (Å²) in [6, 6.07) is 4.03. The Hall–Kier alpha value is -3.08. The molecule has 3 rings (SSSR count). The van der Waals surface area contributed by atoms with Gasteiger partial charge in [0.1, 0.15) is 5.75 Å². The van der Waals surface area contributed by atoms with Crippen LogP contribution in [0.4, 0.5) is 13.2 Å². The summed E-state index contributed by atoms with van der Waals surface area (Å²) in [5, 5.41) is 4.04. The summed E-state index contributed by atoms with van der Waals surface area (Å²) in [6.07, 6.45) is -1.89. The monoisotopic (exact) mass is 416 g/mol. The van der Waals surface area contributed by atoms with Crippen LogP contribution < -0.4 is 9.47 Å². The number of alkyl halides is 3. The summed E-state index contributed by atoms with van der Waals surface area (Å²) in [6.45, 7) is 0.292. The number of nitrogens with zero attached hydrogens (tertiary/aromatic N) is 4. The molecule has 28 heavy (non-hydrogen) atoms. The van der Waals surface area contributed by atoms with Crippen molar-refractivity contribution in [3.63, 3.8) is 0 Å². The van der Waals surface area contributed by atoms with Gasteiger partial charge in [0.25, 0.3) is 11.7 Å². The van der Waals surface area contributed by atoms with E-state index in [9.17, 15) is 18.0 Å². The predicted molar refractivity (Wildman–Crippen MR) is 89.8 cm³/mol. The van der Waals surface area contributed by atoms with Crippen molar-refractivity contribution in [1.29, 1.82) is 0 Å². The van der Waals surface area contributed by atoms with Crippen LogP contribution in [0.3, 0.4) is 0 Å². The lowest BCUT2D eigenvalue weighted by molar-refractivity contribution is -0.153. The number of pyridine rings is 2. The van der Waals surface area contributed by atoms with E-state index in [0.29, 0.717) is 0 Å². The number of carbonyl (C=O) groups is 1. The smallest absolute Gasteiger partial charge is 0.422 e. The van der Waals surface area contributed by atoms with Crippen molar-refractivity contribution < 1.29 is 32.2 Å². The van der Waals surface area contributed by atoms with Gasteiger partial charge in [0.15, 0.2) is 18.0 Å². The van der Waals surface area contributed by atoms with Gasteiger partial charge in [0, 0.05) is 24.5 Å². The lowest BCUT2D eigenvalue weighted by Crippen LogP contribution is -2.19. The molecule has 0 spiro atoms. The Morgan fingerprint density at radius 3 is 2.82 bits per heavy atom. The van der Waals surface area contributed by atoms with Crippen LogP contribution in [-0.4, -0.2) is 44.9 Å². The molecule has 0 fully saturated rings. The van der Waals surface area contributed by atoms with Crippen molar-refractivity contribution >= 4 is 23.2 Å². The summed E-state index contributed by atoms with van der Waals surface area (Å²) in [4.78, 5) is 19.6. The minimum absolute atomic E-state index is 0.0801. The quantitative estimate of drug-likeness (QED) is 0.566. The van der Waals surface area contributed by atoms with E-state index in [-0.39, 0.29) is 40.5 Å². The second kappa shape index (κ2) is 7.89. The maximum Gasteiger partial charge on any atom is 0.422 e. The number of esters is 1. The van der Waals surface area contributed by atoms with E-state index in [4.69, 9.17) is 25.8 Å². The van der Waals surface area contributed by atoms with Crippen molar-refractivity contribution in [2.24, 2.45) is 0 Å². The molecule has 0 atom stereocenters. The molecule has 0 saturated carbocycles. The van der Waals surface area contributed by atoms with Gasteiger partial charge in [0.05, 0.1) is 11.6 Å². The van der Waals surface area contributed by atoms with Crippen LogP contribution in [0.1, 0.15) is 17.5 Å². The first-order valence-electron chi connectivity index (χ1n) is 7.81. The first-order chi connectivity index (χ1) is 13.2. The summed E-state index contributed by atoms with van der Waals surface area (Å²) in [5.74, 6) is -1.14. The van der Waals surface area contributed by atoms with Crippen molar-refractivity contribution in [2.75, 3.05) is 13.2 Å². The van der Waals surface area contributed by atoms with E-state index in [1.165, 1.54) is 29.0 Å². The number of ether oxygens (including phenoxy) is 3. The Labute approximate surface area is 160 Å². The molecular formula is C16H12ClF3N4O4. The van der Waals surface area contributed by atoms with Gasteiger partial charge in [-0.1, -0.05) is 11.6 Å². The minimum Gasteiger partial charge on any atom is -0.478 e. The summed E-state index contributed by atoms with van der Waals surface area (Å²) >= 11 is 5.76. The second-order valence-corrected chi connectivity index (χ2v) is 5.72. The highest BCUT2D eigenvalue weighted by atomic mass is 35.5. The lowest BCUT2D eigenvalue weighted by atomic mass is 10.4. The molecular weight excluding hydrogens is 405 g/mol. The fraction of sp³-hybridized carbons (Fsp3) is 0.250. The van der Waals surface area contributed by atoms with Gasteiger partial charge >= 0.3 is 12.1 Å². The van der Waals surface area contributed by atoms with Gasteiger partial charge in [-0.15, -0.1) is 5.10 Å². The molecule has 0 aliphatic heterocycles. The molecule has 0 saturated heterocycles. The van der Waals surface area contributed by atoms with Gasteiger partial charge in [-0.25, -0.2) is 19.3 Å². The number of aromatic nitrogens is 4. The fourth-order valence-corrected chi connectivity index (χ4v) is 2.22. The molecule has 0 bridgehead atoms. The van der Waals surface area contributed by atoms with Crippen LogP contribution in [0.5, 0.6) is 17.4 Å². The third-order valence-electron chi connectivity index (χ3n) is 3.16. The minimum atomic E-state index is -4.54. The molecule has 0 aliphatic rings. The van der Waals surface area contributed by atoms with Gasteiger partial charge in [-0.05, 0) is 13.0 Å². The summed E-state index contributed by atoms with van der Waals surface area (Å²) < 4.78 is 53.6. The van der Waals surface area contributed by atoms with Gasteiger partial charge in [0.2, 0.25) is 0 Å². The first kappa shape index (κ1) is 19.7. The lowest BCUT2D eigenvalue weighted by Gasteiger charge is -2.13. The zero-order valence-electron chi connectivity index (χ0n) is 14.2. The van der Waals surface area contributed by atoms with Crippen LogP contribution >= 0.6 is 11.6 Å². The molecule has 0 unspecified atom stereocenters. The maximum atomic E-state index is 12.4. The average molecular weight is 417 g/mol. The van der Waals surface area contributed by atoms with E-state index in [1.54, 1.807) is 6.92 Å². The molecule has 0 N–H and O–H groups in total. The largest absolute Gasteiger partial charge is 0.478 e. The number of fused-ring (bicyclic) bond motifs is 1. The number of rotatable bonds is 6. The SMILES string of the molecule is CCOC(=O)c1nc2cc(Oc3ncc(Cl)cc3OCC(F)(F)F)ccn2n1. The molecule has 3 aromatic rings. The topological polar surface area (TPSA) is 87.8 Å². The average Bonchev–Trinajstić information content (AvgIpc) is 3.05. The van der Waals surface area contributed by atoms with Gasteiger partial charge < -0.3 is 14.2 Å². The van der Waals surface area contributed by atoms with Crippen LogP contribution in [0, 0.1) is 0 Å². The number of halogens is 4. The highest BCUT2D eigenvalue weighted by Crippen LogP contribution is 2.33. The Morgan fingerprint density at radius 2 is 2.11 bits per heavy atom. The van der Waals surface area contributed by atoms with E-state index in [1.807, 2.05) is 0 Å². The van der Waals surface area contributed by atoms with Crippen LogP contribution in [0.25, 0.3) is 5.65 Å². The molecule has 12 heteroatoms. The Morgan fingerprint density at radius 1 is 1.32 bits per heavy atom. The molecule has 8 nitrogen and oxygen atoms in total. The number of hydrogen-bond donors (Lipinski definition) is 0. The third-order valence-corrected chi connectivity index (χ3v) is 3.36. The Bertz CT molecular complexity index is 1010. The normalized spacial score (nSPS) is 11.5. The number of carbonyl (C=O) groups excluding carboxylic acids is 1. The van der Waals surface area contributed by atoms with E-state index < -0.39 is 18.8 Å². The zero-order valence-corrected chi connectivity index (χ0v) is 15.0. The van der Waals surface area contributed by atoms with Crippen molar-refractivity contribution in [1.82, 2.24) is 19.6 Å². The van der Waals surface area contributed by atoms with Crippen molar-refractivity contribution in [3.05, 3.63) is 41.4 Å². The first-order valence-corrected chi connectivity index (χ1v) is 8.19. The van der Waals surface area contributed by atoms with E-state index in [2.05, 4.69) is 15.1 Å². The summed E-state index contributed by atoms with van der Waals surface area (Å²) in [7, 11) is 0. The van der Waals surface area contributed by atoms with Crippen LogP contribution in [0.15, 0.2) is 30.6 Å². The van der Waals surface area contributed by atoms with Crippen molar-refractivity contribution in [2.45, 2.75) is 13.1 Å². The molecule has 0 radical (unpaired) electrons. The van der Waals surface area contributed by atoms with Crippen LogP contribution in [0.2, 0.25) is 5.02 Å². The van der Waals surface area contributed by atoms with Crippen molar-refractivity contribution in [3.8, 4) is 17.4 Å². The van der Waals surface area contributed by atoms with Gasteiger partial charge in [-0.3, -0.25) is 0 Å². The Kier molecular flexibility index (Phi) is 5.54. The number of hydrogen-bond acceptors (Lipinski definition) is 7. The highest BCUT2D eigenvalue weighted by Gasteiger charge is 2.29. The highest BCUT2D eigenvalue weighted by molar-refractivity contribution is 6.30. The molecule has 3 aromatic heterocycles. The van der Waals surface area contributed by atoms with E-state index >= 15 is 0 Å². The third kappa shape index (κ3) is 4.80. The Balaban J connectivity index is 1.85. The maximum absolute atomic E-state index is 12.4. The molecule has 0 amide bonds. The molecule has 3 heterocycles. The summed E-state index contributed by atoms with van der Waals surface area (Å²) in [5.41, 5.74) is 0.257. The fourth-order valence-electron chi connectivity index (χ4n) is 2.07. The molecule has 148 valence electrons. The van der Waals surface area contributed by atoms with E-state index in [0.717, 1.165) is 6.07 Å². The standard InChI is InChI=1S/C16H12ClF3N4O4/c1-2-26-15(25)13-22-12-6-10(3-4-24(12)23-13)28-14-11(5-9(17)7-21-14)27-8-16(18,19)20/h3-7H,2,8H2,1H3. The molecule has 0 aromatic carbocycles.